The van der Waals surface area contributed by atoms with Crippen molar-refractivity contribution in [1.82, 2.24) is 15.3 Å². The number of ether oxygens (including phenoxy) is 2. The van der Waals surface area contributed by atoms with Crippen LogP contribution in [0.15, 0.2) is 6.07 Å². The molecule has 0 saturated heterocycles. The zero-order valence-electron chi connectivity index (χ0n) is 11.4. The van der Waals surface area contributed by atoms with Crippen LogP contribution in [-0.4, -0.2) is 50.9 Å². The molecule has 0 spiro atoms. The van der Waals surface area contributed by atoms with Crippen molar-refractivity contribution in [1.29, 1.82) is 0 Å². The lowest BCUT2D eigenvalue weighted by Gasteiger charge is -2.09. The van der Waals surface area contributed by atoms with Crippen LogP contribution in [0.4, 0.5) is 5.95 Å². The van der Waals surface area contributed by atoms with Crippen molar-refractivity contribution in [3.8, 4) is 11.8 Å². The Hall–Kier alpha value is -1.61. The Bertz CT molecular complexity index is 537. The Morgan fingerprint density at radius 2 is 1.85 bits per heavy atom. The minimum atomic E-state index is -3.50. The van der Waals surface area contributed by atoms with Gasteiger partial charge in [-0.15, -0.1) is 0 Å². The standard InChI is InChI=1S/C11H18N4O4S/c1-18-9-7-10(19-2)14-11(13-9)15-20(16,17)6-5-12-8-3-4-8/h7-8,12H,3-6H2,1-2H3,(H,13,14,15). The monoisotopic (exact) mass is 302 g/mol. The number of hydrogen-bond donors (Lipinski definition) is 2. The number of anilines is 1. The fourth-order valence-corrected chi connectivity index (χ4v) is 2.39. The van der Waals surface area contributed by atoms with Gasteiger partial charge in [-0.3, -0.25) is 4.72 Å². The number of methoxy groups -OCH3 is 2. The van der Waals surface area contributed by atoms with E-state index in [9.17, 15) is 8.42 Å². The summed E-state index contributed by atoms with van der Waals surface area (Å²) in [6.45, 7) is 0.404. The molecule has 2 N–H and O–H groups in total. The molecular formula is C11H18N4O4S. The highest BCUT2D eigenvalue weighted by Gasteiger charge is 2.21. The Balaban J connectivity index is 1.99. The molecule has 2 rings (SSSR count). The maximum absolute atomic E-state index is 11.9. The first-order chi connectivity index (χ1) is 9.52. The fraction of sp³-hybridized carbons (Fsp3) is 0.636. The van der Waals surface area contributed by atoms with Gasteiger partial charge in [0.05, 0.1) is 26.0 Å². The smallest absolute Gasteiger partial charge is 0.243 e. The molecule has 0 unspecified atom stereocenters. The lowest BCUT2D eigenvalue weighted by atomic mass is 10.6. The SMILES string of the molecule is COc1cc(OC)nc(NS(=O)(=O)CCNC2CC2)n1. The third-order valence-electron chi connectivity index (χ3n) is 2.73. The second-order valence-corrected chi connectivity index (χ2v) is 6.27. The zero-order valence-corrected chi connectivity index (χ0v) is 12.2. The highest BCUT2D eigenvalue weighted by Crippen LogP contribution is 2.19. The summed E-state index contributed by atoms with van der Waals surface area (Å²) in [7, 11) is -0.641. The molecule has 1 heterocycles. The van der Waals surface area contributed by atoms with Gasteiger partial charge in [0.2, 0.25) is 27.7 Å². The van der Waals surface area contributed by atoms with Crippen LogP contribution in [0.3, 0.4) is 0 Å². The molecule has 0 aromatic carbocycles. The molecule has 1 fully saturated rings. The molecule has 1 aliphatic carbocycles. The second kappa shape index (κ2) is 6.23. The van der Waals surface area contributed by atoms with Crippen LogP contribution in [0.25, 0.3) is 0 Å². The van der Waals surface area contributed by atoms with Crippen molar-refractivity contribution in [2.75, 3.05) is 31.2 Å². The summed E-state index contributed by atoms with van der Waals surface area (Å²) in [5.74, 6) is 0.357. The van der Waals surface area contributed by atoms with Gasteiger partial charge in [0.25, 0.3) is 0 Å². The fourth-order valence-electron chi connectivity index (χ4n) is 1.53. The first kappa shape index (κ1) is 14.8. The van der Waals surface area contributed by atoms with Gasteiger partial charge in [0, 0.05) is 12.6 Å². The molecule has 20 heavy (non-hydrogen) atoms. The summed E-state index contributed by atoms with van der Waals surface area (Å²) in [4.78, 5) is 7.83. The third kappa shape index (κ3) is 4.49. The first-order valence-corrected chi connectivity index (χ1v) is 7.88. The van der Waals surface area contributed by atoms with E-state index in [-0.39, 0.29) is 23.5 Å². The molecule has 0 amide bonds. The minimum absolute atomic E-state index is 0.0353. The predicted molar refractivity (Wildman–Crippen MR) is 73.6 cm³/mol. The van der Waals surface area contributed by atoms with Crippen molar-refractivity contribution in [2.45, 2.75) is 18.9 Å². The van der Waals surface area contributed by atoms with Gasteiger partial charge in [0.1, 0.15) is 0 Å². The maximum atomic E-state index is 11.9. The van der Waals surface area contributed by atoms with Crippen molar-refractivity contribution in [2.24, 2.45) is 0 Å². The normalized spacial score (nSPS) is 14.9. The predicted octanol–water partition coefficient (Wildman–Crippen LogP) is -0.0125. The lowest BCUT2D eigenvalue weighted by Crippen LogP contribution is -2.28. The van der Waals surface area contributed by atoms with Crippen LogP contribution in [0.1, 0.15) is 12.8 Å². The average Bonchev–Trinajstić information content (AvgIpc) is 3.21. The summed E-state index contributed by atoms with van der Waals surface area (Å²) < 4.78 is 36.0. The third-order valence-corrected chi connectivity index (χ3v) is 3.96. The van der Waals surface area contributed by atoms with E-state index in [1.165, 1.54) is 20.3 Å². The summed E-state index contributed by atoms with van der Waals surface area (Å²) in [5, 5.41) is 3.13. The topological polar surface area (TPSA) is 102 Å². The average molecular weight is 302 g/mol. The van der Waals surface area contributed by atoms with E-state index in [0.717, 1.165) is 12.8 Å². The first-order valence-electron chi connectivity index (χ1n) is 6.23. The number of rotatable bonds is 8. The number of nitrogens with zero attached hydrogens (tertiary/aromatic N) is 2. The van der Waals surface area contributed by atoms with Crippen LogP contribution in [0.2, 0.25) is 0 Å². The van der Waals surface area contributed by atoms with E-state index in [1.807, 2.05) is 0 Å². The van der Waals surface area contributed by atoms with E-state index in [4.69, 9.17) is 9.47 Å². The molecule has 8 nitrogen and oxygen atoms in total. The highest BCUT2D eigenvalue weighted by molar-refractivity contribution is 7.92. The zero-order chi connectivity index (χ0) is 14.6. The summed E-state index contributed by atoms with van der Waals surface area (Å²) in [6, 6.07) is 1.94. The maximum Gasteiger partial charge on any atom is 0.243 e. The number of aromatic nitrogens is 2. The van der Waals surface area contributed by atoms with Crippen LogP contribution >= 0.6 is 0 Å². The summed E-state index contributed by atoms with van der Waals surface area (Å²) >= 11 is 0. The molecule has 0 radical (unpaired) electrons. The molecule has 1 saturated carbocycles. The Morgan fingerprint density at radius 1 is 1.25 bits per heavy atom. The Morgan fingerprint density at radius 3 is 2.35 bits per heavy atom. The van der Waals surface area contributed by atoms with Gasteiger partial charge in [-0.05, 0) is 12.8 Å². The van der Waals surface area contributed by atoms with Gasteiger partial charge >= 0.3 is 0 Å². The second-order valence-electron chi connectivity index (χ2n) is 4.43. The van der Waals surface area contributed by atoms with E-state index in [2.05, 4.69) is 20.0 Å². The largest absolute Gasteiger partial charge is 0.481 e. The summed E-state index contributed by atoms with van der Waals surface area (Å²) in [5.41, 5.74) is 0. The number of sulfonamides is 1. The van der Waals surface area contributed by atoms with Gasteiger partial charge < -0.3 is 14.8 Å². The van der Waals surface area contributed by atoms with Crippen molar-refractivity contribution in [3.05, 3.63) is 6.07 Å². The van der Waals surface area contributed by atoms with Crippen molar-refractivity contribution >= 4 is 16.0 Å². The van der Waals surface area contributed by atoms with Gasteiger partial charge in [-0.25, -0.2) is 8.42 Å². The van der Waals surface area contributed by atoms with Gasteiger partial charge in [-0.2, -0.15) is 9.97 Å². The van der Waals surface area contributed by atoms with Crippen molar-refractivity contribution < 1.29 is 17.9 Å². The van der Waals surface area contributed by atoms with E-state index in [1.54, 1.807) is 0 Å². The number of hydrogen-bond acceptors (Lipinski definition) is 7. The minimum Gasteiger partial charge on any atom is -0.481 e. The van der Waals surface area contributed by atoms with Crippen molar-refractivity contribution in [3.63, 3.8) is 0 Å². The van der Waals surface area contributed by atoms with E-state index >= 15 is 0 Å². The lowest BCUT2D eigenvalue weighted by molar-refractivity contribution is 0.373. The molecule has 0 atom stereocenters. The number of nitrogens with one attached hydrogen (secondary N) is 2. The molecule has 112 valence electrons. The van der Waals surface area contributed by atoms with E-state index < -0.39 is 10.0 Å². The van der Waals surface area contributed by atoms with Gasteiger partial charge in [0.15, 0.2) is 0 Å². The molecule has 9 heteroatoms. The van der Waals surface area contributed by atoms with E-state index in [0.29, 0.717) is 12.6 Å². The van der Waals surface area contributed by atoms with Crippen LogP contribution in [0.5, 0.6) is 11.8 Å². The molecule has 0 bridgehead atoms. The highest BCUT2D eigenvalue weighted by atomic mass is 32.2. The van der Waals surface area contributed by atoms with Crippen LogP contribution in [-0.2, 0) is 10.0 Å². The molecule has 0 aliphatic heterocycles. The molecule has 1 aromatic heterocycles. The molecular weight excluding hydrogens is 284 g/mol. The van der Waals surface area contributed by atoms with Crippen LogP contribution < -0.4 is 19.5 Å². The summed E-state index contributed by atoms with van der Waals surface area (Å²) in [6.07, 6.45) is 2.23. The Kier molecular flexibility index (Phi) is 4.61. The Labute approximate surface area is 118 Å². The van der Waals surface area contributed by atoms with Gasteiger partial charge in [-0.1, -0.05) is 0 Å². The molecule has 1 aliphatic rings. The quantitative estimate of drug-likeness (QED) is 0.696. The van der Waals surface area contributed by atoms with Crippen LogP contribution in [0, 0.1) is 0 Å². The molecule has 1 aromatic rings.